The van der Waals surface area contributed by atoms with Crippen molar-refractivity contribution in [2.24, 2.45) is 17.6 Å². The van der Waals surface area contributed by atoms with Crippen molar-refractivity contribution in [2.75, 3.05) is 13.1 Å². The van der Waals surface area contributed by atoms with Gasteiger partial charge in [-0.05, 0) is 89.0 Å². The highest BCUT2D eigenvalue weighted by Crippen LogP contribution is 2.37. The van der Waals surface area contributed by atoms with E-state index in [-0.39, 0.29) is 36.8 Å². The third kappa shape index (κ3) is 6.44. The number of halogens is 1. The number of primary amides is 1. The Labute approximate surface area is 206 Å². The number of carbonyl (C=O) groups excluding carboxylic acids is 2. The zero-order valence-electron chi connectivity index (χ0n) is 21.1. The summed E-state index contributed by atoms with van der Waals surface area (Å²) in [6.07, 6.45) is 1.20. The Bertz CT molecular complexity index is 909. The number of rotatable bonds is 7. The summed E-state index contributed by atoms with van der Waals surface area (Å²) in [6.45, 7) is 7.63. The summed E-state index contributed by atoms with van der Waals surface area (Å²) < 4.78 is 20.0. The van der Waals surface area contributed by atoms with E-state index >= 15 is 0 Å². The number of benzene rings is 1. The number of likely N-dealkylation sites (tertiary alicyclic amines) is 1. The molecule has 0 spiro atoms. The molecule has 3 rings (SSSR count). The number of nitrogens with two attached hydrogens (primary N) is 1. The van der Waals surface area contributed by atoms with Crippen LogP contribution in [0, 0.1) is 11.8 Å². The van der Waals surface area contributed by atoms with E-state index < -0.39 is 29.8 Å². The lowest BCUT2D eigenvalue weighted by molar-refractivity contribution is -0.140. The van der Waals surface area contributed by atoms with E-state index in [0.717, 1.165) is 25.7 Å². The van der Waals surface area contributed by atoms with Crippen molar-refractivity contribution in [2.45, 2.75) is 83.7 Å². The normalized spacial score (nSPS) is 24.5. The molecule has 1 aromatic carbocycles. The number of nitrogens with zero attached hydrogens (tertiary/aromatic N) is 2. The highest BCUT2D eigenvalue weighted by molar-refractivity contribution is 5.92. The molecule has 3 N–H and O–H groups in total. The molecule has 1 heterocycles. The maximum absolute atomic E-state index is 13.9. The number of carboxylic acid groups (broad SMARTS) is 1. The van der Waals surface area contributed by atoms with Crippen LogP contribution in [0.3, 0.4) is 0 Å². The predicted octanol–water partition coefficient (Wildman–Crippen LogP) is 4.08. The first-order valence-electron chi connectivity index (χ1n) is 12.4. The van der Waals surface area contributed by atoms with Gasteiger partial charge < -0.3 is 20.5 Å². The zero-order valence-corrected chi connectivity index (χ0v) is 21.1. The lowest BCUT2D eigenvalue weighted by Crippen LogP contribution is -2.60. The van der Waals surface area contributed by atoms with Crippen molar-refractivity contribution in [1.82, 2.24) is 9.80 Å². The van der Waals surface area contributed by atoms with Gasteiger partial charge in [0.05, 0.1) is 12.6 Å². The summed E-state index contributed by atoms with van der Waals surface area (Å²) in [6, 6.07) is 5.85. The van der Waals surface area contributed by atoms with Crippen molar-refractivity contribution < 1.29 is 28.6 Å². The van der Waals surface area contributed by atoms with E-state index in [9.17, 15) is 23.9 Å². The van der Waals surface area contributed by atoms with Gasteiger partial charge in [-0.15, -0.1) is 0 Å². The van der Waals surface area contributed by atoms with Crippen molar-refractivity contribution >= 4 is 17.9 Å². The Kier molecular flexibility index (Phi) is 8.28. The molecule has 0 aromatic heterocycles. The van der Waals surface area contributed by atoms with Gasteiger partial charge in [-0.2, -0.15) is 0 Å². The number of amides is 3. The summed E-state index contributed by atoms with van der Waals surface area (Å²) >= 11 is 0. The maximum atomic E-state index is 13.9. The lowest BCUT2D eigenvalue weighted by atomic mass is 9.75. The highest BCUT2D eigenvalue weighted by Gasteiger charge is 2.46. The minimum absolute atomic E-state index is 0.00361. The van der Waals surface area contributed by atoms with Crippen LogP contribution in [-0.2, 0) is 4.79 Å². The second kappa shape index (κ2) is 10.8. The fraction of sp³-hybridized carbons (Fsp3) is 0.654. The second-order valence-electron chi connectivity index (χ2n) is 10.8. The van der Waals surface area contributed by atoms with E-state index in [1.807, 2.05) is 6.92 Å². The Morgan fingerprint density at radius 2 is 1.71 bits per heavy atom. The fourth-order valence-electron chi connectivity index (χ4n) is 5.38. The van der Waals surface area contributed by atoms with Crippen molar-refractivity contribution in [3.63, 3.8) is 0 Å². The highest BCUT2D eigenvalue weighted by atomic mass is 19.1. The molecular weight excluding hydrogens is 453 g/mol. The van der Waals surface area contributed by atoms with Gasteiger partial charge >= 0.3 is 6.09 Å². The van der Waals surface area contributed by atoms with Crippen LogP contribution in [0.25, 0.3) is 0 Å². The molecule has 3 atom stereocenters. The van der Waals surface area contributed by atoms with Gasteiger partial charge in [0.1, 0.15) is 18.0 Å². The third-order valence-corrected chi connectivity index (χ3v) is 7.30. The number of hydrogen-bond acceptors (Lipinski definition) is 4. The number of ether oxygens (including phenoxy) is 1. The van der Waals surface area contributed by atoms with E-state index in [1.54, 1.807) is 45.0 Å². The Balaban J connectivity index is 1.70. The van der Waals surface area contributed by atoms with Crippen LogP contribution < -0.4 is 10.5 Å². The van der Waals surface area contributed by atoms with Crippen molar-refractivity contribution in [3.8, 4) is 5.75 Å². The number of alkyl halides is 1. The van der Waals surface area contributed by atoms with Gasteiger partial charge in [0.25, 0.3) is 0 Å². The van der Waals surface area contributed by atoms with Gasteiger partial charge in [0.15, 0.2) is 0 Å². The standard InChI is InChI=1S/C26H38FN3O5/c1-16(17-5-9-20(10-6-17)35-21-11-7-18(8-12-21)23(28)31)22(30(25(33)34)26(2,3)4)24(32)29-14-13-19(27)15-29/h7-8,11-12,16-17,19-20,22H,5-6,9-10,13-15H2,1-4H3,(H2,28,31)(H,33,34)/t16-,17?,19-,20?,22-/m0/s1. The van der Waals surface area contributed by atoms with Gasteiger partial charge in [-0.1, -0.05) is 6.92 Å². The molecule has 1 aliphatic carbocycles. The van der Waals surface area contributed by atoms with E-state index in [1.165, 1.54) is 9.80 Å². The molecule has 0 unspecified atom stereocenters. The molecule has 1 saturated heterocycles. The molecule has 9 heteroatoms. The molecule has 2 aliphatic rings. The molecule has 35 heavy (non-hydrogen) atoms. The Hall–Kier alpha value is -2.84. The predicted molar refractivity (Wildman–Crippen MR) is 130 cm³/mol. The van der Waals surface area contributed by atoms with E-state index in [2.05, 4.69) is 0 Å². The Morgan fingerprint density at radius 3 is 2.17 bits per heavy atom. The molecule has 2 fully saturated rings. The fourth-order valence-corrected chi connectivity index (χ4v) is 5.38. The number of carbonyl (C=O) groups is 3. The molecule has 1 aliphatic heterocycles. The summed E-state index contributed by atoms with van der Waals surface area (Å²) in [5, 5.41) is 10.1. The SMILES string of the molecule is C[C@@H](C1CCC(Oc2ccc(C(N)=O)cc2)CC1)[C@@H](C(=O)N1CC[C@H](F)C1)N(C(=O)O)C(C)(C)C. The first-order chi connectivity index (χ1) is 16.4. The van der Waals surface area contributed by atoms with Gasteiger partial charge in [-0.25, -0.2) is 9.18 Å². The first-order valence-corrected chi connectivity index (χ1v) is 12.4. The smallest absolute Gasteiger partial charge is 0.408 e. The molecule has 0 bridgehead atoms. The molecule has 8 nitrogen and oxygen atoms in total. The van der Waals surface area contributed by atoms with E-state index in [4.69, 9.17) is 10.5 Å². The van der Waals surface area contributed by atoms with Crippen molar-refractivity contribution in [3.05, 3.63) is 29.8 Å². The Morgan fingerprint density at radius 1 is 1.11 bits per heavy atom. The van der Waals surface area contributed by atoms with Crippen LogP contribution in [0.15, 0.2) is 24.3 Å². The topological polar surface area (TPSA) is 113 Å². The van der Waals surface area contributed by atoms with Gasteiger partial charge in [0, 0.05) is 17.6 Å². The minimum Gasteiger partial charge on any atom is -0.490 e. The van der Waals surface area contributed by atoms with Crippen LogP contribution in [0.1, 0.15) is 70.2 Å². The summed E-state index contributed by atoms with van der Waals surface area (Å²) in [5.41, 5.74) is 4.92. The average Bonchev–Trinajstić information content (AvgIpc) is 3.22. The molecule has 1 aromatic rings. The molecule has 3 amide bonds. The molecular formula is C26H38FN3O5. The quantitative estimate of drug-likeness (QED) is 0.597. The average molecular weight is 492 g/mol. The largest absolute Gasteiger partial charge is 0.490 e. The monoisotopic (exact) mass is 491 g/mol. The van der Waals surface area contributed by atoms with Gasteiger partial charge in [-0.3, -0.25) is 14.5 Å². The maximum Gasteiger partial charge on any atom is 0.408 e. The van der Waals surface area contributed by atoms with Crippen LogP contribution in [0.4, 0.5) is 9.18 Å². The minimum atomic E-state index is -1.14. The third-order valence-electron chi connectivity index (χ3n) is 7.30. The van der Waals surface area contributed by atoms with Crippen molar-refractivity contribution in [1.29, 1.82) is 0 Å². The molecule has 1 saturated carbocycles. The summed E-state index contributed by atoms with van der Waals surface area (Å²) in [4.78, 5) is 39.9. The summed E-state index contributed by atoms with van der Waals surface area (Å²) in [7, 11) is 0. The van der Waals surface area contributed by atoms with Gasteiger partial charge in [0.2, 0.25) is 11.8 Å². The van der Waals surface area contributed by atoms with Crippen LogP contribution in [0.5, 0.6) is 5.75 Å². The van der Waals surface area contributed by atoms with Crippen LogP contribution in [-0.4, -0.2) is 69.8 Å². The first kappa shape index (κ1) is 26.8. The zero-order chi connectivity index (χ0) is 25.9. The van der Waals surface area contributed by atoms with Crippen LogP contribution >= 0.6 is 0 Å². The lowest BCUT2D eigenvalue weighted by Gasteiger charge is -2.45. The van der Waals surface area contributed by atoms with Crippen LogP contribution in [0.2, 0.25) is 0 Å². The second-order valence-corrected chi connectivity index (χ2v) is 10.8. The van der Waals surface area contributed by atoms with E-state index in [0.29, 0.717) is 17.9 Å². The molecule has 0 radical (unpaired) electrons. The number of hydrogen-bond donors (Lipinski definition) is 2. The summed E-state index contributed by atoms with van der Waals surface area (Å²) in [5.74, 6) is -0.222. The molecule has 194 valence electrons.